The molecular weight excluding hydrogens is 392 g/mol. The van der Waals surface area contributed by atoms with Gasteiger partial charge in [0.15, 0.2) is 0 Å². The maximum Gasteiger partial charge on any atom is 0.215 e. The van der Waals surface area contributed by atoms with Gasteiger partial charge in [0.2, 0.25) is 5.78 Å². The van der Waals surface area contributed by atoms with Gasteiger partial charge >= 0.3 is 0 Å². The first kappa shape index (κ1) is 18.4. The fourth-order valence-corrected chi connectivity index (χ4v) is 4.08. The third-order valence-electron chi connectivity index (χ3n) is 5.25. The summed E-state index contributed by atoms with van der Waals surface area (Å²) >= 11 is 5.89. The van der Waals surface area contributed by atoms with Gasteiger partial charge in [0, 0.05) is 18.3 Å². The number of imidazole rings is 2. The summed E-state index contributed by atoms with van der Waals surface area (Å²) in [5.74, 6) is 1.65. The Morgan fingerprint density at radius 3 is 2.27 bits per heavy atom. The molecule has 0 saturated heterocycles. The molecular formula is C24H20N4OS. The zero-order valence-electron chi connectivity index (χ0n) is 16.7. The van der Waals surface area contributed by atoms with Crippen molar-refractivity contribution >= 4 is 39.7 Å². The Bertz CT molecular complexity index is 1370. The van der Waals surface area contributed by atoms with E-state index in [9.17, 15) is 0 Å². The van der Waals surface area contributed by atoms with E-state index in [-0.39, 0.29) is 0 Å². The standard InChI is InChI=1S/C24H20N4OS/c1-27-19-10-6-7-11-20(19)28-22(23(30)25-17-8-4-3-5-9-17)21(26-24(27)28)16-12-14-18(29-2)15-13-16/h3-15H,1-2H3,(H,25,30). The number of fused-ring (bicyclic) bond motifs is 3. The number of rotatable bonds is 4. The molecule has 2 heterocycles. The van der Waals surface area contributed by atoms with E-state index in [1.165, 1.54) is 0 Å². The topological polar surface area (TPSA) is 43.5 Å². The number of aromatic nitrogens is 3. The Kier molecular flexibility index (Phi) is 4.48. The van der Waals surface area contributed by atoms with Gasteiger partial charge < -0.3 is 14.6 Å². The first-order chi connectivity index (χ1) is 14.7. The van der Waals surface area contributed by atoms with Crippen LogP contribution in [-0.4, -0.2) is 26.1 Å². The normalized spacial score (nSPS) is 11.1. The predicted octanol–water partition coefficient (Wildman–Crippen LogP) is 5.29. The Labute approximate surface area is 179 Å². The van der Waals surface area contributed by atoms with Crippen molar-refractivity contribution in [2.45, 2.75) is 0 Å². The number of benzene rings is 3. The van der Waals surface area contributed by atoms with E-state index >= 15 is 0 Å². The maximum absolute atomic E-state index is 5.89. The summed E-state index contributed by atoms with van der Waals surface area (Å²) in [6.07, 6.45) is 0. The second-order valence-corrected chi connectivity index (χ2v) is 7.45. The molecule has 0 aliphatic rings. The largest absolute Gasteiger partial charge is 0.497 e. The number of anilines is 1. The van der Waals surface area contributed by atoms with E-state index in [0.717, 1.165) is 45.2 Å². The van der Waals surface area contributed by atoms with Crippen LogP contribution in [0.25, 0.3) is 28.1 Å². The Morgan fingerprint density at radius 2 is 1.57 bits per heavy atom. The number of ether oxygens (including phenoxy) is 1. The van der Waals surface area contributed by atoms with E-state index in [0.29, 0.717) is 4.99 Å². The number of aryl methyl sites for hydroxylation is 1. The lowest BCUT2D eigenvalue weighted by molar-refractivity contribution is 0.415. The first-order valence-corrected chi connectivity index (χ1v) is 10.0. The molecule has 0 spiro atoms. The fraction of sp³-hybridized carbons (Fsp3) is 0.0833. The minimum atomic E-state index is 0.621. The average Bonchev–Trinajstić information content (AvgIpc) is 3.31. The summed E-state index contributed by atoms with van der Waals surface area (Å²) in [6.45, 7) is 0. The summed E-state index contributed by atoms with van der Waals surface area (Å²) in [5.41, 5.74) is 5.79. The molecule has 0 radical (unpaired) electrons. The lowest BCUT2D eigenvalue weighted by Gasteiger charge is -2.10. The monoisotopic (exact) mass is 412 g/mol. The lowest BCUT2D eigenvalue weighted by atomic mass is 10.1. The average molecular weight is 413 g/mol. The molecule has 148 valence electrons. The molecule has 0 unspecified atom stereocenters. The summed E-state index contributed by atoms with van der Waals surface area (Å²) in [5, 5.41) is 3.38. The summed E-state index contributed by atoms with van der Waals surface area (Å²) < 4.78 is 9.54. The highest BCUT2D eigenvalue weighted by atomic mass is 32.1. The molecule has 5 aromatic rings. The van der Waals surface area contributed by atoms with Gasteiger partial charge in [-0.05, 0) is 48.5 Å². The zero-order valence-corrected chi connectivity index (χ0v) is 17.5. The molecule has 3 aromatic carbocycles. The van der Waals surface area contributed by atoms with Crippen molar-refractivity contribution < 1.29 is 4.74 Å². The van der Waals surface area contributed by atoms with Crippen LogP contribution in [0.3, 0.4) is 0 Å². The molecule has 0 amide bonds. The molecule has 0 aliphatic heterocycles. The molecule has 1 N–H and O–H groups in total. The van der Waals surface area contributed by atoms with Gasteiger partial charge in [-0.25, -0.2) is 4.98 Å². The molecule has 5 nitrogen and oxygen atoms in total. The highest BCUT2D eigenvalue weighted by Gasteiger charge is 2.23. The molecule has 0 aliphatic carbocycles. The van der Waals surface area contributed by atoms with Crippen molar-refractivity contribution in [1.29, 1.82) is 0 Å². The smallest absolute Gasteiger partial charge is 0.215 e. The number of thiocarbonyl (C=S) groups is 1. The van der Waals surface area contributed by atoms with E-state index in [1.807, 2.05) is 73.8 Å². The zero-order chi connectivity index (χ0) is 20.7. The summed E-state index contributed by atoms with van der Waals surface area (Å²) in [6, 6.07) is 26.1. The van der Waals surface area contributed by atoms with Gasteiger partial charge in [-0.3, -0.25) is 4.40 Å². The van der Waals surface area contributed by atoms with Crippen LogP contribution in [-0.2, 0) is 7.05 Å². The van der Waals surface area contributed by atoms with E-state index in [4.69, 9.17) is 21.9 Å². The summed E-state index contributed by atoms with van der Waals surface area (Å²) in [7, 11) is 3.69. The first-order valence-electron chi connectivity index (χ1n) is 9.64. The van der Waals surface area contributed by atoms with Gasteiger partial charge in [-0.1, -0.05) is 42.5 Å². The third-order valence-corrected chi connectivity index (χ3v) is 5.55. The van der Waals surface area contributed by atoms with E-state index in [2.05, 4.69) is 26.4 Å². The van der Waals surface area contributed by atoms with Crippen LogP contribution in [0.1, 0.15) is 5.69 Å². The lowest BCUT2D eigenvalue weighted by Crippen LogP contribution is -2.14. The highest BCUT2D eigenvalue weighted by Crippen LogP contribution is 2.31. The minimum Gasteiger partial charge on any atom is -0.497 e. The number of hydrogen-bond donors (Lipinski definition) is 1. The molecule has 0 bridgehead atoms. The number of para-hydroxylation sites is 3. The van der Waals surface area contributed by atoms with Crippen LogP contribution >= 0.6 is 12.2 Å². The fourth-order valence-electron chi connectivity index (χ4n) is 3.78. The van der Waals surface area contributed by atoms with Crippen LogP contribution in [0.5, 0.6) is 5.75 Å². The van der Waals surface area contributed by atoms with Crippen molar-refractivity contribution in [3.05, 3.63) is 84.6 Å². The molecule has 2 aromatic heterocycles. The second-order valence-electron chi connectivity index (χ2n) is 7.04. The van der Waals surface area contributed by atoms with Crippen molar-refractivity contribution in [3.8, 4) is 17.0 Å². The predicted molar refractivity (Wildman–Crippen MR) is 125 cm³/mol. The molecule has 0 fully saturated rings. The van der Waals surface area contributed by atoms with Crippen molar-refractivity contribution in [2.24, 2.45) is 7.05 Å². The Hall–Kier alpha value is -3.64. The Morgan fingerprint density at radius 1 is 0.900 bits per heavy atom. The van der Waals surface area contributed by atoms with Crippen molar-refractivity contribution in [1.82, 2.24) is 14.0 Å². The van der Waals surface area contributed by atoms with Crippen molar-refractivity contribution in [3.63, 3.8) is 0 Å². The van der Waals surface area contributed by atoms with Crippen molar-refractivity contribution in [2.75, 3.05) is 12.4 Å². The SMILES string of the molecule is COc1ccc(-c2nc3n(C)c4ccccc4n3c2C(=S)Nc2ccccc2)cc1. The third kappa shape index (κ3) is 2.93. The minimum absolute atomic E-state index is 0.621. The van der Waals surface area contributed by atoms with Gasteiger partial charge in [0.1, 0.15) is 22.1 Å². The van der Waals surface area contributed by atoms with Crippen LogP contribution < -0.4 is 10.1 Å². The number of methoxy groups -OCH3 is 1. The van der Waals surface area contributed by atoms with Gasteiger partial charge in [-0.15, -0.1) is 0 Å². The Balaban J connectivity index is 1.75. The van der Waals surface area contributed by atoms with Gasteiger partial charge in [0.05, 0.1) is 18.1 Å². The molecule has 0 saturated carbocycles. The number of hydrogen-bond acceptors (Lipinski definition) is 3. The molecule has 30 heavy (non-hydrogen) atoms. The molecule has 0 atom stereocenters. The van der Waals surface area contributed by atoms with Crippen LogP contribution in [0.15, 0.2) is 78.9 Å². The van der Waals surface area contributed by atoms with Gasteiger partial charge in [-0.2, -0.15) is 0 Å². The maximum atomic E-state index is 5.89. The highest BCUT2D eigenvalue weighted by molar-refractivity contribution is 7.81. The van der Waals surface area contributed by atoms with Crippen LogP contribution in [0, 0.1) is 0 Å². The van der Waals surface area contributed by atoms with Crippen LogP contribution in [0.4, 0.5) is 5.69 Å². The van der Waals surface area contributed by atoms with E-state index < -0.39 is 0 Å². The number of nitrogens with one attached hydrogen (secondary N) is 1. The summed E-state index contributed by atoms with van der Waals surface area (Å²) in [4.78, 5) is 5.62. The molecule has 5 rings (SSSR count). The second kappa shape index (κ2) is 7.31. The van der Waals surface area contributed by atoms with Crippen LogP contribution in [0.2, 0.25) is 0 Å². The quantitative estimate of drug-likeness (QED) is 0.408. The van der Waals surface area contributed by atoms with Gasteiger partial charge in [0.25, 0.3) is 0 Å². The number of nitrogens with zero attached hydrogens (tertiary/aromatic N) is 3. The van der Waals surface area contributed by atoms with E-state index in [1.54, 1.807) is 7.11 Å². The molecule has 6 heteroatoms.